The van der Waals surface area contributed by atoms with Gasteiger partial charge in [-0.3, -0.25) is 14.7 Å². The van der Waals surface area contributed by atoms with Crippen LogP contribution in [0.15, 0.2) is 36.5 Å². The van der Waals surface area contributed by atoms with Crippen LogP contribution in [0.2, 0.25) is 0 Å². The molecule has 3 aromatic rings. The number of amides is 1. The van der Waals surface area contributed by atoms with Crippen molar-refractivity contribution in [2.45, 2.75) is 27.7 Å². The van der Waals surface area contributed by atoms with E-state index < -0.39 is 5.82 Å². The number of anilines is 1. The minimum absolute atomic E-state index is 0.179. The maximum atomic E-state index is 13.3. The average Bonchev–Trinajstić information content (AvgIpc) is 2.97. The Kier molecular flexibility index (Phi) is 4.66. The first-order chi connectivity index (χ1) is 12.7. The third kappa shape index (κ3) is 3.65. The third-order valence-electron chi connectivity index (χ3n) is 4.65. The molecule has 0 aliphatic heterocycles. The van der Waals surface area contributed by atoms with Crippen LogP contribution in [0, 0.1) is 28.5 Å². The van der Waals surface area contributed by atoms with Gasteiger partial charge in [0.1, 0.15) is 11.6 Å². The summed E-state index contributed by atoms with van der Waals surface area (Å²) in [5, 5.41) is 12.0. The second-order valence-electron chi connectivity index (χ2n) is 7.50. The van der Waals surface area contributed by atoms with Gasteiger partial charge in [-0.25, -0.2) is 14.4 Å². The van der Waals surface area contributed by atoms with Gasteiger partial charge < -0.3 is 0 Å². The fraction of sp³-hybridized carbons (Fsp3) is 0.300. The lowest BCUT2D eigenvalue weighted by atomic mass is 9.81. The quantitative estimate of drug-likeness (QED) is 0.759. The monoisotopic (exact) mass is 365 g/mol. The molecule has 6 nitrogen and oxygen atoms in total. The van der Waals surface area contributed by atoms with Crippen LogP contribution in [0.4, 0.5) is 10.3 Å². The number of nitrogens with one attached hydrogen (secondary N) is 1. The molecule has 27 heavy (non-hydrogen) atoms. The lowest BCUT2D eigenvalue weighted by molar-refractivity contribution is -0.122. The molecule has 1 N–H and O–H groups in total. The van der Waals surface area contributed by atoms with Crippen LogP contribution >= 0.6 is 0 Å². The highest BCUT2D eigenvalue weighted by Crippen LogP contribution is 2.29. The number of hydrogen-bond acceptors (Lipinski definition) is 4. The van der Waals surface area contributed by atoms with Gasteiger partial charge in [0.25, 0.3) is 0 Å². The number of benzene rings is 1. The molecule has 0 fully saturated rings. The van der Waals surface area contributed by atoms with Crippen LogP contribution in [-0.2, 0) is 4.79 Å². The van der Waals surface area contributed by atoms with E-state index >= 15 is 0 Å². The number of nitrogens with zero attached hydrogens (tertiary/aromatic N) is 4. The number of nitriles is 1. The van der Waals surface area contributed by atoms with Crippen LogP contribution in [0.25, 0.3) is 16.9 Å². The highest BCUT2D eigenvalue weighted by atomic mass is 19.1. The minimum Gasteiger partial charge on any atom is -0.295 e. The standard InChI is InChI=1S/C20H20FN5O/c1-12(20(2,3)4)18(27)25-19-24-15-7-5-13(10-22)9-16(15)26(19)17-8-6-14(21)11-23-17/h5-9,11-12H,1-4H3,(H,24,25,27). The lowest BCUT2D eigenvalue weighted by Crippen LogP contribution is -2.31. The molecule has 1 unspecified atom stereocenters. The molecule has 0 aliphatic rings. The molecule has 1 aromatic carbocycles. The first-order valence-electron chi connectivity index (χ1n) is 8.56. The van der Waals surface area contributed by atoms with E-state index in [4.69, 9.17) is 0 Å². The van der Waals surface area contributed by atoms with Gasteiger partial charge >= 0.3 is 0 Å². The summed E-state index contributed by atoms with van der Waals surface area (Å²) in [6.07, 6.45) is 1.10. The number of fused-ring (bicyclic) bond motifs is 1. The van der Waals surface area contributed by atoms with E-state index in [1.54, 1.807) is 22.8 Å². The molecule has 1 atom stereocenters. The first kappa shape index (κ1) is 18.5. The van der Waals surface area contributed by atoms with Gasteiger partial charge in [-0.2, -0.15) is 5.26 Å². The van der Waals surface area contributed by atoms with E-state index in [1.807, 2.05) is 27.7 Å². The van der Waals surface area contributed by atoms with Gasteiger partial charge in [0.15, 0.2) is 0 Å². The molecule has 1 amide bonds. The predicted molar refractivity (Wildman–Crippen MR) is 101 cm³/mol. The van der Waals surface area contributed by atoms with Crippen molar-refractivity contribution in [3.63, 3.8) is 0 Å². The number of rotatable bonds is 3. The number of aromatic nitrogens is 3. The maximum Gasteiger partial charge on any atom is 0.230 e. The third-order valence-corrected chi connectivity index (χ3v) is 4.65. The van der Waals surface area contributed by atoms with Crippen molar-refractivity contribution < 1.29 is 9.18 Å². The summed E-state index contributed by atoms with van der Waals surface area (Å²) >= 11 is 0. The second-order valence-corrected chi connectivity index (χ2v) is 7.50. The number of carbonyl (C=O) groups is 1. The molecule has 0 bridgehead atoms. The zero-order valence-electron chi connectivity index (χ0n) is 15.6. The molecule has 2 aromatic heterocycles. The predicted octanol–water partition coefficient (Wildman–Crippen LogP) is 4.05. The van der Waals surface area contributed by atoms with E-state index in [1.165, 1.54) is 12.1 Å². The van der Waals surface area contributed by atoms with Gasteiger partial charge in [-0.1, -0.05) is 27.7 Å². The fourth-order valence-electron chi connectivity index (χ4n) is 2.57. The molecule has 0 saturated carbocycles. The van der Waals surface area contributed by atoms with E-state index in [-0.39, 0.29) is 23.2 Å². The molecule has 7 heteroatoms. The summed E-state index contributed by atoms with van der Waals surface area (Å²) in [5.41, 5.74) is 1.43. The van der Waals surface area contributed by atoms with E-state index in [0.29, 0.717) is 22.4 Å². The van der Waals surface area contributed by atoms with E-state index in [0.717, 1.165) is 6.20 Å². The van der Waals surface area contributed by atoms with Crippen molar-refractivity contribution in [2.75, 3.05) is 5.32 Å². The van der Waals surface area contributed by atoms with Crippen molar-refractivity contribution >= 4 is 22.9 Å². The first-order valence-corrected chi connectivity index (χ1v) is 8.56. The van der Waals surface area contributed by atoms with Gasteiger partial charge in [-0.15, -0.1) is 0 Å². The normalized spacial score (nSPS) is 12.6. The van der Waals surface area contributed by atoms with Crippen molar-refractivity contribution in [3.05, 3.63) is 47.9 Å². The van der Waals surface area contributed by atoms with Crippen molar-refractivity contribution in [1.82, 2.24) is 14.5 Å². The van der Waals surface area contributed by atoms with Gasteiger partial charge in [0.05, 0.1) is 28.9 Å². The largest absolute Gasteiger partial charge is 0.295 e. The SMILES string of the molecule is CC(C(=O)Nc1nc2ccc(C#N)cc2n1-c1ccc(F)cn1)C(C)(C)C. The summed E-state index contributed by atoms with van der Waals surface area (Å²) < 4.78 is 14.9. The van der Waals surface area contributed by atoms with E-state index in [2.05, 4.69) is 21.4 Å². The van der Waals surface area contributed by atoms with Crippen LogP contribution in [0.1, 0.15) is 33.3 Å². The summed E-state index contributed by atoms with van der Waals surface area (Å²) in [6.45, 7) is 7.81. The van der Waals surface area contributed by atoms with Crippen LogP contribution in [0.5, 0.6) is 0 Å². The summed E-state index contributed by atoms with van der Waals surface area (Å²) in [6, 6.07) is 9.89. The lowest BCUT2D eigenvalue weighted by Gasteiger charge is -2.25. The Balaban J connectivity index is 2.14. The van der Waals surface area contributed by atoms with Crippen molar-refractivity contribution in [2.24, 2.45) is 11.3 Å². The highest BCUT2D eigenvalue weighted by molar-refractivity contribution is 5.94. The summed E-state index contributed by atoms with van der Waals surface area (Å²) in [4.78, 5) is 21.3. The van der Waals surface area contributed by atoms with Gasteiger partial charge in [0, 0.05) is 5.92 Å². The number of carbonyl (C=O) groups excluding carboxylic acids is 1. The molecule has 3 rings (SSSR count). The topological polar surface area (TPSA) is 83.6 Å². The Morgan fingerprint density at radius 1 is 1.30 bits per heavy atom. The maximum absolute atomic E-state index is 13.3. The molecule has 0 aliphatic carbocycles. The fourth-order valence-corrected chi connectivity index (χ4v) is 2.57. The van der Waals surface area contributed by atoms with Gasteiger partial charge in [-0.05, 0) is 35.7 Å². The summed E-state index contributed by atoms with van der Waals surface area (Å²) in [5.74, 6) is -0.232. The molecule has 2 heterocycles. The Hall–Kier alpha value is -3.27. The number of halogens is 1. The molecule has 0 spiro atoms. The smallest absolute Gasteiger partial charge is 0.230 e. The van der Waals surface area contributed by atoms with Crippen LogP contribution in [-0.4, -0.2) is 20.4 Å². The van der Waals surface area contributed by atoms with Crippen molar-refractivity contribution in [1.29, 1.82) is 5.26 Å². The molecule has 138 valence electrons. The average molecular weight is 365 g/mol. The number of imidazole rings is 1. The Morgan fingerprint density at radius 3 is 2.63 bits per heavy atom. The second kappa shape index (κ2) is 6.80. The Morgan fingerprint density at radius 2 is 2.04 bits per heavy atom. The minimum atomic E-state index is -0.465. The van der Waals surface area contributed by atoms with Crippen molar-refractivity contribution in [3.8, 4) is 11.9 Å². The zero-order valence-corrected chi connectivity index (χ0v) is 15.6. The molecule has 0 saturated heterocycles. The summed E-state index contributed by atoms with van der Waals surface area (Å²) in [7, 11) is 0. The molecular weight excluding hydrogens is 345 g/mol. The Bertz CT molecular complexity index is 1040. The van der Waals surface area contributed by atoms with E-state index in [9.17, 15) is 14.4 Å². The Labute approximate surface area is 156 Å². The van der Waals surface area contributed by atoms with Crippen LogP contribution < -0.4 is 5.32 Å². The highest BCUT2D eigenvalue weighted by Gasteiger charge is 2.28. The van der Waals surface area contributed by atoms with Gasteiger partial charge in [0.2, 0.25) is 11.9 Å². The molecule has 0 radical (unpaired) electrons. The number of hydrogen-bond donors (Lipinski definition) is 1. The number of pyridine rings is 1. The zero-order chi connectivity index (χ0) is 19.8. The molecular formula is C20H20FN5O. The van der Waals surface area contributed by atoms with Crippen LogP contribution in [0.3, 0.4) is 0 Å².